The fourth-order valence-electron chi connectivity index (χ4n) is 2.33. The van der Waals surface area contributed by atoms with Crippen molar-refractivity contribution in [2.75, 3.05) is 18.2 Å². The minimum atomic E-state index is -3.44. The summed E-state index contributed by atoms with van der Waals surface area (Å²) in [7, 11) is -3.44. The molecule has 2 aromatic carbocycles. The number of anilines is 1. The molecule has 138 valence electrons. The molecule has 0 aromatic heterocycles. The molecule has 1 N–H and O–H groups in total. The number of hydrogen-bond donors (Lipinski definition) is 1. The highest BCUT2D eigenvalue weighted by Gasteiger charge is 2.17. The molecule has 0 fully saturated rings. The first kappa shape index (κ1) is 19.7. The van der Waals surface area contributed by atoms with Crippen LogP contribution in [-0.4, -0.2) is 33.2 Å². The maximum Gasteiger partial charge on any atom is 0.338 e. The predicted molar refractivity (Wildman–Crippen MR) is 99.1 cm³/mol. The molecule has 0 atom stereocenters. The fraction of sp³-hybridized carbons (Fsp3) is 0.263. The van der Waals surface area contributed by atoms with Crippen LogP contribution in [0.25, 0.3) is 0 Å². The Kier molecular flexibility index (Phi) is 5.82. The van der Waals surface area contributed by atoms with Crippen molar-refractivity contribution in [2.24, 2.45) is 0 Å². The SMILES string of the molecule is Cc1ccc(S(C)(=O)=O)cc1C(=O)OCC(=O)Nc1cccc(C)c1C. The van der Waals surface area contributed by atoms with E-state index < -0.39 is 28.3 Å². The molecular formula is C19H21NO5S. The number of rotatable bonds is 5. The number of nitrogens with one attached hydrogen (secondary N) is 1. The van der Waals surface area contributed by atoms with Crippen LogP contribution in [0.2, 0.25) is 0 Å². The minimum Gasteiger partial charge on any atom is -0.452 e. The highest BCUT2D eigenvalue weighted by atomic mass is 32.2. The van der Waals surface area contributed by atoms with E-state index in [2.05, 4.69) is 5.32 Å². The highest BCUT2D eigenvalue weighted by Crippen LogP contribution is 2.18. The van der Waals surface area contributed by atoms with Gasteiger partial charge in [-0.2, -0.15) is 0 Å². The summed E-state index contributed by atoms with van der Waals surface area (Å²) in [6.45, 7) is 5.02. The Bertz CT molecular complexity index is 964. The number of aryl methyl sites for hydroxylation is 2. The molecule has 0 aliphatic heterocycles. The lowest BCUT2D eigenvalue weighted by Gasteiger charge is -2.11. The fourth-order valence-corrected chi connectivity index (χ4v) is 2.98. The summed E-state index contributed by atoms with van der Waals surface area (Å²) in [6, 6.07) is 9.74. The summed E-state index contributed by atoms with van der Waals surface area (Å²) in [6.07, 6.45) is 1.06. The molecule has 0 saturated heterocycles. The van der Waals surface area contributed by atoms with Crippen LogP contribution < -0.4 is 5.32 Å². The van der Waals surface area contributed by atoms with Crippen LogP contribution in [0.5, 0.6) is 0 Å². The van der Waals surface area contributed by atoms with Gasteiger partial charge in [0.1, 0.15) is 0 Å². The Labute approximate surface area is 153 Å². The zero-order chi connectivity index (χ0) is 19.5. The minimum absolute atomic E-state index is 0.0230. The zero-order valence-corrected chi connectivity index (χ0v) is 15.9. The van der Waals surface area contributed by atoms with Crippen LogP contribution in [0.15, 0.2) is 41.3 Å². The summed E-state index contributed by atoms with van der Waals surface area (Å²) in [4.78, 5) is 24.3. The second kappa shape index (κ2) is 7.70. The molecule has 0 aliphatic rings. The maximum atomic E-state index is 12.2. The van der Waals surface area contributed by atoms with Crippen LogP contribution in [0, 0.1) is 20.8 Å². The molecule has 0 aliphatic carbocycles. The van der Waals surface area contributed by atoms with Gasteiger partial charge in [0, 0.05) is 11.9 Å². The number of hydrogen-bond acceptors (Lipinski definition) is 5. The number of amides is 1. The normalized spacial score (nSPS) is 11.1. The van der Waals surface area contributed by atoms with Gasteiger partial charge in [-0.1, -0.05) is 18.2 Å². The van der Waals surface area contributed by atoms with E-state index in [4.69, 9.17) is 4.74 Å². The van der Waals surface area contributed by atoms with Gasteiger partial charge in [0.25, 0.3) is 5.91 Å². The first-order chi connectivity index (χ1) is 12.1. The van der Waals surface area contributed by atoms with Crippen molar-refractivity contribution in [3.63, 3.8) is 0 Å². The summed E-state index contributed by atoms with van der Waals surface area (Å²) in [5.41, 5.74) is 3.31. The molecule has 6 nitrogen and oxygen atoms in total. The molecular weight excluding hydrogens is 354 g/mol. The van der Waals surface area contributed by atoms with E-state index in [9.17, 15) is 18.0 Å². The summed E-state index contributed by atoms with van der Waals surface area (Å²) in [5.74, 6) is -1.21. The molecule has 7 heteroatoms. The smallest absolute Gasteiger partial charge is 0.338 e. The summed E-state index contributed by atoms with van der Waals surface area (Å²) < 4.78 is 28.3. The van der Waals surface area contributed by atoms with Crippen molar-refractivity contribution in [3.8, 4) is 0 Å². The topological polar surface area (TPSA) is 89.5 Å². The second-order valence-corrected chi connectivity index (χ2v) is 8.14. The van der Waals surface area contributed by atoms with E-state index in [1.54, 1.807) is 13.0 Å². The Hall–Kier alpha value is -2.67. The molecule has 2 aromatic rings. The van der Waals surface area contributed by atoms with Gasteiger partial charge in [0.2, 0.25) is 0 Å². The van der Waals surface area contributed by atoms with Gasteiger partial charge in [-0.3, -0.25) is 4.79 Å². The number of benzene rings is 2. The van der Waals surface area contributed by atoms with Crippen molar-refractivity contribution in [1.29, 1.82) is 0 Å². The van der Waals surface area contributed by atoms with E-state index in [1.807, 2.05) is 26.0 Å². The highest BCUT2D eigenvalue weighted by molar-refractivity contribution is 7.90. The Morgan fingerprint density at radius 1 is 1.04 bits per heavy atom. The van der Waals surface area contributed by atoms with E-state index >= 15 is 0 Å². The lowest BCUT2D eigenvalue weighted by molar-refractivity contribution is -0.119. The van der Waals surface area contributed by atoms with Gasteiger partial charge in [-0.05, 0) is 55.7 Å². The van der Waals surface area contributed by atoms with Crippen molar-refractivity contribution >= 4 is 27.4 Å². The maximum absolute atomic E-state index is 12.2. The summed E-state index contributed by atoms with van der Waals surface area (Å²) >= 11 is 0. The standard InChI is InChI=1S/C19H21NO5S/c1-12-6-5-7-17(14(12)3)20-18(21)11-25-19(22)16-10-15(26(4,23)24)9-8-13(16)2/h5-10H,11H2,1-4H3,(H,20,21). The van der Waals surface area contributed by atoms with Gasteiger partial charge in [0.05, 0.1) is 10.5 Å². The first-order valence-corrected chi connectivity index (χ1v) is 9.82. The molecule has 0 heterocycles. The van der Waals surface area contributed by atoms with Crippen LogP contribution in [0.4, 0.5) is 5.69 Å². The van der Waals surface area contributed by atoms with Gasteiger partial charge < -0.3 is 10.1 Å². The molecule has 2 rings (SSSR count). The van der Waals surface area contributed by atoms with Crippen LogP contribution in [-0.2, 0) is 19.4 Å². The number of ether oxygens (including phenoxy) is 1. The number of carbonyl (C=O) groups excluding carboxylic acids is 2. The van der Waals surface area contributed by atoms with E-state index in [-0.39, 0.29) is 10.5 Å². The third-order valence-corrected chi connectivity index (χ3v) is 5.18. The predicted octanol–water partition coefficient (Wildman–Crippen LogP) is 2.81. The molecule has 0 spiro atoms. The van der Waals surface area contributed by atoms with E-state index in [1.165, 1.54) is 18.2 Å². The number of esters is 1. The van der Waals surface area contributed by atoms with Crippen molar-refractivity contribution in [1.82, 2.24) is 0 Å². The molecule has 1 amide bonds. The average molecular weight is 375 g/mol. The number of sulfone groups is 1. The first-order valence-electron chi connectivity index (χ1n) is 7.93. The zero-order valence-electron chi connectivity index (χ0n) is 15.1. The lowest BCUT2D eigenvalue weighted by Crippen LogP contribution is -2.22. The Morgan fingerprint density at radius 2 is 1.73 bits per heavy atom. The molecule has 0 saturated carbocycles. The van der Waals surface area contributed by atoms with E-state index in [0.29, 0.717) is 11.3 Å². The molecule has 0 radical (unpaired) electrons. The van der Waals surface area contributed by atoms with Gasteiger partial charge in [-0.25, -0.2) is 13.2 Å². The average Bonchev–Trinajstić information content (AvgIpc) is 2.56. The Balaban J connectivity index is 2.07. The summed E-state index contributed by atoms with van der Waals surface area (Å²) in [5, 5.41) is 2.70. The van der Waals surface area contributed by atoms with Crippen LogP contribution >= 0.6 is 0 Å². The third kappa shape index (κ3) is 4.70. The quantitative estimate of drug-likeness (QED) is 0.812. The van der Waals surface area contributed by atoms with E-state index in [0.717, 1.165) is 17.4 Å². The monoisotopic (exact) mass is 375 g/mol. The number of carbonyl (C=O) groups is 2. The van der Waals surface area contributed by atoms with Crippen molar-refractivity contribution in [2.45, 2.75) is 25.7 Å². The van der Waals surface area contributed by atoms with Crippen molar-refractivity contribution in [3.05, 3.63) is 58.7 Å². The largest absolute Gasteiger partial charge is 0.452 e. The second-order valence-electron chi connectivity index (χ2n) is 6.12. The third-order valence-electron chi connectivity index (χ3n) is 4.07. The Morgan fingerprint density at radius 3 is 2.38 bits per heavy atom. The van der Waals surface area contributed by atoms with Crippen molar-refractivity contribution < 1.29 is 22.7 Å². The van der Waals surface area contributed by atoms with Gasteiger partial charge >= 0.3 is 5.97 Å². The van der Waals surface area contributed by atoms with Gasteiger partial charge in [0.15, 0.2) is 16.4 Å². The lowest BCUT2D eigenvalue weighted by atomic mass is 10.1. The van der Waals surface area contributed by atoms with Crippen LogP contribution in [0.3, 0.4) is 0 Å². The molecule has 0 bridgehead atoms. The van der Waals surface area contributed by atoms with Gasteiger partial charge in [-0.15, -0.1) is 0 Å². The molecule has 0 unspecified atom stereocenters. The molecule has 26 heavy (non-hydrogen) atoms. The van der Waals surface area contributed by atoms with Crippen LogP contribution in [0.1, 0.15) is 27.0 Å².